The zero-order valence-corrected chi connectivity index (χ0v) is 11.6. The zero-order valence-electron chi connectivity index (χ0n) is 11.6. The molecule has 0 saturated heterocycles. The predicted molar refractivity (Wildman–Crippen MR) is 75.5 cm³/mol. The van der Waals surface area contributed by atoms with Crippen LogP contribution in [0.2, 0.25) is 0 Å². The number of hydrogen-bond donors (Lipinski definition) is 1. The van der Waals surface area contributed by atoms with Crippen molar-refractivity contribution in [1.82, 2.24) is 0 Å². The maximum Gasteiger partial charge on any atom is 0.0345 e. The van der Waals surface area contributed by atoms with Crippen LogP contribution in [-0.2, 0) is 0 Å². The summed E-state index contributed by atoms with van der Waals surface area (Å²) in [5, 5.41) is 3.75. The van der Waals surface area contributed by atoms with Gasteiger partial charge in [-0.3, -0.25) is 0 Å². The Morgan fingerprint density at radius 2 is 1.65 bits per heavy atom. The molecule has 0 aliphatic heterocycles. The second kappa shape index (κ2) is 5.12. The lowest BCUT2D eigenvalue weighted by molar-refractivity contribution is 0.268. The Bertz CT molecular complexity index is 373. The quantitative estimate of drug-likeness (QED) is 0.788. The summed E-state index contributed by atoms with van der Waals surface area (Å²) >= 11 is 0. The lowest BCUT2D eigenvalue weighted by atomic mass is 9.78. The van der Waals surface area contributed by atoms with Gasteiger partial charge in [-0.15, -0.1) is 0 Å². The first-order valence-electron chi connectivity index (χ1n) is 6.91. The minimum absolute atomic E-state index is 0.644. The standard InChI is InChI=1S/C16H25N/c1-11-8-9-15(10-14(11)4)17-16-12(2)6-5-7-13(16)3/h8-10,12-13,16-17H,5-7H2,1-4H3. The van der Waals surface area contributed by atoms with Crippen molar-refractivity contribution >= 4 is 5.69 Å². The van der Waals surface area contributed by atoms with Crippen molar-refractivity contribution < 1.29 is 0 Å². The van der Waals surface area contributed by atoms with Gasteiger partial charge in [-0.25, -0.2) is 0 Å². The van der Waals surface area contributed by atoms with Gasteiger partial charge in [0.05, 0.1) is 0 Å². The molecular weight excluding hydrogens is 206 g/mol. The van der Waals surface area contributed by atoms with Gasteiger partial charge in [-0.05, 0) is 61.8 Å². The minimum Gasteiger partial charge on any atom is -0.382 e. The molecule has 1 aromatic rings. The van der Waals surface area contributed by atoms with E-state index in [1.807, 2.05) is 0 Å². The Kier molecular flexibility index (Phi) is 3.76. The molecule has 2 unspecified atom stereocenters. The van der Waals surface area contributed by atoms with Crippen LogP contribution in [0.3, 0.4) is 0 Å². The van der Waals surface area contributed by atoms with Gasteiger partial charge in [0.1, 0.15) is 0 Å². The van der Waals surface area contributed by atoms with Crippen LogP contribution in [0, 0.1) is 25.7 Å². The third-order valence-electron chi connectivity index (χ3n) is 4.39. The first-order chi connectivity index (χ1) is 8.08. The van der Waals surface area contributed by atoms with Crippen LogP contribution in [0.1, 0.15) is 44.2 Å². The highest BCUT2D eigenvalue weighted by atomic mass is 14.9. The lowest BCUT2D eigenvalue weighted by Gasteiger charge is -2.36. The molecule has 1 fully saturated rings. The van der Waals surface area contributed by atoms with Crippen molar-refractivity contribution in [2.24, 2.45) is 11.8 Å². The molecule has 0 radical (unpaired) electrons. The van der Waals surface area contributed by atoms with Crippen LogP contribution >= 0.6 is 0 Å². The summed E-state index contributed by atoms with van der Waals surface area (Å²) in [6, 6.07) is 7.36. The first kappa shape index (κ1) is 12.5. The monoisotopic (exact) mass is 231 g/mol. The van der Waals surface area contributed by atoms with E-state index in [-0.39, 0.29) is 0 Å². The molecule has 2 rings (SSSR count). The summed E-state index contributed by atoms with van der Waals surface area (Å²) in [6.07, 6.45) is 4.13. The Labute approximate surface area is 106 Å². The van der Waals surface area contributed by atoms with Crippen LogP contribution < -0.4 is 5.32 Å². The van der Waals surface area contributed by atoms with Crippen LogP contribution in [0.5, 0.6) is 0 Å². The first-order valence-corrected chi connectivity index (χ1v) is 6.91. The number of rotatable bonds is 2. The second-order valence-corrected chi connectivity index (χ2v) is 5.85. The van der Waals surface area contributed by atoms with E-state index in [2.05, 4.69) is 51.2 Å². The van der Waals surface area contributed by atoms with Crippen molar-refractivity contribution in [3.05, 3.63) is 29.3 Å². The van der Waals surface area contributed by atoms with Gasteiger partial charge in [-0.2, -0.15) is 0 Å². The predicted octanol–water partition coefficient (Wildman–Crippen LogP) is 4.54. The summed E-state index contributed by atoms with van der Waals surface area (Å²) in [6.45, 7) is 9.13. The number of hydrogen-bond acceptors (Lipinski definition) is 1. The van der Waals surface area contributed by atoms with Crippen molar-refractivity contribution in [2.45, 2.75) is 53.0 Å². The van der Waals surface area contributed by atoms with E-state index >= 15 is 0 Å². The summed E-state index contributed by atoms with van der Waals surface area (Å²) in [4.78, 5) is 0. The Morgan fingerprint density at radius 1 is 1.00 bits per heavy atom. The highest BCUT2D eigenvalue weighted by Crippen LogP contribution is 2.31. The van der Waals surface area contributed by atoms with Crippen molar-refractivity contribution in [2.75, 3.05) is 5.32 Å². The van der Waals surface area contributed by atoms with E-state index < -0.39 is 0 Å². The normalized spacial score (nSPS) is 29.1. The molecule has 0 aromatic heterocycles. The fraction of sp³-hybridized carbons (Fsp3) is 0.625. The molecule has 1 aliphatic rings. The SMILES string of the molecule is Cc1ccc(NC2C(C)CCCC2C)cc1C. The molecule has 1 aliphatic carbocycles. The Hall–Kier alpha value is -0.980. The summed E-state index contributed by atoms with van der Waals surface area (Å²) in [5.74, 6) is 1.58. The van der Waals surface area contributed by atoms with Gasteiger partial charge in [0.25, 0.3) is 0 Å². The summed E-state index contributed by atoms with van der Waals surface area (Å²) < 4.78 is 0. The van der Waals surface area contributed by atoms with Gasteiger partial charge in [0, 0.05) is 11.7 Å². The topological polar surface area (TPSA) is 12.0 Å². The van der Waals surface area contributed by atoms with Crippen molar-refractivity contribution in [1.29, 1.82) is 0 Å². The number of benzene rings is 1. The molecule has 0 bridgehead atoms. The van der Waals surface area contributed by atoms with Crippen molar-refractivity contribution in [3.63, 3.8) is 0 Å². The maximum atomic E-state index is 3.75. The number of aryl methyl sites for hydroxylation is 2. The smallest absolute Gasteiger partial charge is 0.0345 e. The largest absolute Gasteiger partial charge is 0.382 e. The van der Waals surface area contributed by atoms with Gasteiger partial charge >= 0.3 is 0 Å². The number of anilines is 1. The van der Waals surface area contributed by atoms with E-state index in [4.69, 9.17) is 0 Å². The average molecular weight is 231 g/mol. The molecule has 1 aromatic carbocycles. The van der Waals surface area contributed by atoms with Crippen LogP contribution in [-0.4, -0.2) is 6.04 Å². The number of nitrogens with one attached hydrogen (secondary N) is 1. The van der Waals surface area contributed by atoms with Gasteiger partial charge in [0.2, 0.25) is 0 Å². The molecule has 2 atom stereocenters. The van der Waals surface area contributed by atoms with Crippen LogP contribution in [0.4, 0.5) is 5.69 Å². The maximum absolute atomic E-state index is 3.75. The zero-order chi connectivity index (χ0) is 12.4. The summed E-state index contributed by atoms with van der Waals surface area (Å²) in [7, 11) is 0. The molecule has 1 nitrogen and oxygen atoms in total. The fourth-order valence-electron chi connectivity index (χ4n) is 2.99. The van der Waals surface area contributed by atoms with E-state index in [0.717, 1.165) is 11.8 Å². The van der Waals surface area contributed by atoms with Crippen molar-refractivity contribution in [3.8, 4) is 0 Å². The highest BCUT2D eigenvalue weighted by Gasteiger charge is 2.27. The lowest BCUT2D eigenvalue weighted by Crippen LogP contribution is -2.37. The molecule has 0 heterocycles. The van der Waals surface area contributed by atoms with Crippen LogP contribution in [0.15, 0.2) is 18.2 Å². The van der Waals surface area contributed by atoms with Gasteiger partial charge < -0.3 is 5.32 Å². The molecular formula is C16H25N. The van der Waals surface area contributed by atoms with E-state index in [1.54, 1.807) is 0 Å². The minimum atomic E-state index is 0.644. The third kappa shape index (κ3) is 2.83. The molecule has 1 heteroatoms. The average Bonchev–Trinajstić information content (AvgIpc) is 2.28. The summed E-state index contributed by atoms with van der Waals surface area (Å²) in [5.41, 5.74) is 4.05. The molecule has 94 valence electrons. The van der Waals surface area contributed by atoms with E-state index in [0.29, 0.717) is 6.04 Å². The molecule has 1 saturated carbocycles. The van der Waals surface area contributed by atoms with Gasteiger partial charge in [0.15, 0.2) is 0 Å². The van der Waals surface area contributed by atoms with Gasteiger partial charge in [-0.1, -0.05) is 26.3 Å². The molecule has 0 amide bonds. The van der Waals surface area contributed by atoms with E-state index in [1.165, 1.54) is 36.1 Å². The molecule has 1 N–H and O–H groups in total. The van der Waals surface area contributed by atoms with E-state index in [9.17, 15) is 0 Å². The second-order valence-electron chi connectivity index (χ2n) is 5.85. The molecule has 0 spiro atoms. The molecule has 17 heavy (non-hydrogen) atoms. The fourth-order valence-corrected chi connectivity index (χ4v) is 2.99. The Balaban J connectivity index is 2.10. The van der Waals surface area contributed by atoms with Crippen LogP contribution in [0.25, 0.3) is 0 Å². The highest BCUT2D eigenvalue weighted by molar-refractivity contribution is 5.49. The third-order valence-corrected chi connectivity index (χ3v) is 4.39. The Morgan fingerprint density at radius 3 is 2.24 bits per heavy atom.